The van der Waals surface area contributed by atoms with Gasteiger partial charge in [-0.15, -0.1) is 24.0 Å². The molecule has 7 nitrogen and oxygen atoms in total. The maximum absolute atomic E-state index is 5.92. The highest BCUT2D eigenvalue weighted by molar-refractivity contribution is 14.0. The van der Waals surface area contributed by atoms with Gasteiger partial charge in [-0.05, 0) is 44.7 Å². The van der Waals surface area contributed by atoms with Gasteiger partial charge in [0.25, 0.3) is 0 Å². The standard InChI is InChI=1S/C22H37N3O4.HI/c1-4-23-22(24-10-5-11-28-20-8-12-27-13-9-20)25-17-19-7-6-18(2)16-21(19)29-15-14-26-3;/h6-7,16,20H,4-5,8-15,17H2,1-3H3,(H2,23,24,25);1H. The van der Waals surface area contributed by atoms with E-state index in [2.05, 4.69) is 42.7 Å². The Bertz CT molecular complexity index is 610. The normalized spacial score (nSPS) is 14.8. The summed E-state index contributed by atoms with van der Waals surface area (Å²) in [6, 6.07) is 6.21. The third-order valence-electron chi connectivity index (χ3n) is 4.65. The minimum absolute atomic E-state index is 0. The molecule has 1 aliphatic heterocycles. The number of hydrogen-bond donors (Lipinski definition) is 2. The van der Waals surface area contributed by atoms with Gasteiger partial charge in [0.2, 0.25) is 0 Å². The van der Waals surface area contributed by atoms with Gasteiger partial charge in [-0.2, -0.15) is 0 Å². The van der Waals surface area contributed by atoms with Crippen LogP contribution in [0.2, 0.25) is 0 Å². The molecule has 0 radical (unpaired) electrons. The molecule has 2 N–H and O–H groups in total. The van der Waals surface area contributed by atoms with Crippen molar-refractivity contribution in [2.24, 2.45) is 4.99 Å². The third-order valence-corrected chi connectivity index (χ3v) is 4.65. The molecule has 30 heavy (non-hydrogen) atoms. The number of halogens is 1. The lowest BCUT2D eigenvalue weighted by Crippen LogP contribution is -2.38. The smallest absolute Gasteiger partial charge is 0.191 e. The zero-order chi connectivity index (χ0) is 20.7. The molecular weight excluding hydrogens is 497 g/mol. The van der Waals surface area contributed by atoms with E-state index in [1.165, 1.54) is 5.56 Å². The van der Waals surface area contributed by atoms with Crippen LogP contribution in [0.25, 0.3) is 0 Å². The second kappa shape index (κ2) is 16.6. The molecule has 1 aromatic rings. The first-order chi connectivity index (χ1) is 14.2. The molecule has 0 atom stereocenters. The van der Waals surface area contributed by atoms with Crippen LogP contribution in [0.1, 0.15) is 37.3 Å². The van der Waals surface area contributed by atoms with E-state index < -0.39 is 0 Å². The van der Waals surface area contributed by atoms with Gasteiger partial charge in [0.05, 0.1) is 19.3 Å². The number of benzene rings is 1. The Labute approximate surface area is 198 Å². The zero-order valence-electron chi connectivity index (χ0n) is 18.6. The minimum atomic E-state index is 0. The predicted octanol–water partition coefficient (Wildman–Crippen LogP) is 3.28. The van der Waals surface area contributed by atoms with Crippen molar-refractivity contribution in [2.75, 3.05) is 53.2 Å². The lowest BCUT2D eigenvalue weighted by atomic mass is 10.1. The van der Waals surface area contributed by atoms with Gasteiger partial charge < -0.3 is 29.6 Å². The van der Waals surface area contributed by atoms with Gasteiger partial charge in [0.15, 0.2) is 5.96 Å². The number of nitrogens with one attached hydrogen (secondary N) is 2. The molecular formula is C22H38IN3O4. The van der Waals surface area contributed by atoms with Crippen molar-refractivity contribution < 1.29 is 18.9 Å². The summed E-state index contributed by atoms with van der Waals surface area (Å²) in [4.78, 5) is 4.72. The third kappa shape index (κ3) is 10.8. The van der Waals surface area contributed by atoms with Crippen molar-refractivity contribution in [3.8, 4) is 5.75 Å². The molecule has 1 heterocycles. The number of methoxy groups -OCH3 is 1. The van der Waals surface area contributed by atoms with E-state index in [-0.39, 0.29) is 24.0 Å². The number of ether oxygens (including phenoxy) is 4. The molecule has 1 fully saturated rings. The molecule has 172 valence electrons. The topological polar surface area (TPSA) is 73.3 Å². The van der Waals surface area contributed by atoms with E-state index in [9.17, 15) is 0 Å². The van der Waals surface area contributed by atoms with Crippen molar-refractivity contribution in [3.05, 3.63) is 29.3 Å². The highest BCUT2D eigenvalue weighted by Crippen LogP contribution is 2.21. The average Bonchev–Trinajstić information content (AvgIpc) is 2.73. The van der Waals surface area contributed by atoms with Crippen molar-refractivity contribution in [1.82, 2.24) is 10.6 Å². The number of guanidine groups is 1. The quantitative estimate of drug-likeness (QED) is 0.185. The molecule has 0 saturated carbocycles. The highest BCUT2D eigenvalue weighted by atomic mass is 127. The summed E-state index contributed by atoms with van der Waals surface area (Å²) in [6.45, 7) is 9.80. The molecule has 8 heteroatoms. The van der Waals surface area contributed by atoms with Gasteiger partial charge in [-0.3, -0.25) is 0 Å². The van der Waals surface area contributed by atoms with E-state index >= 15 is 0 Å². The van der Waals surface area contributed by atoms with E-state index in [0.717, 1.165) is 69.4 Å². The fourth-order valence-corrected chi connectivity index (χ4v) is 3.04. The van der Waals surface area contributed by atoms with Gasteiger partial charge in [0, 0.05) is 45.6 Å². The summed E-state index contributed by atoms with van der Waals surface area (Å²) in [5.74, 6) is 1.67. The Morgan fingerprint density at radius 2 is 1.97 bits per heavy atom. The fourth-order valence-electron chi connectivity index (χ4n) is 3.04. The Balaban J connectivity index is 0.00000450. The summed E-state index contributed by atoms with van der Waals surface area (Å²) in [6.07, 6.45) is 3.30. The Kier molecular flexibility index (Phi) is 14.9. The van der Waals surface area contributed by atoms with Crippen LogP contribution >= 0.6 is 24.0 Å². The Morgan fingerprint density at radius 3 is 2.70 bits per heavy atom. The van der Waals surface area contributed by atoms with Crippen LogP contribution in [0, 0.1) is 6.92 Å². The molecule has 0 aliphatic carbocycles. The molecule has 1 aromatic carbocycles. The summed E-state index contributed by atoms with van der Waals surface area (Å²) in [5, 5.41) is 6.68. The van der Waals surface area contributed by atoms with E-state index in [1.807, 2.05) is 0 Å². The predicted molar refractivity (Wildman–Crippen MR) is 131 cm³/mol. The molecule has 0 unspecified atom stereocenters. The molecule has 1 saturated heterocycles. The summed E-state index contributed by atoms with van der Waals surface area (Å²) in [7, 11) is 1.67. The summed E-state index contributed by atoms with van der Waals surface area (Å²) in [5.41, 5.74) is 2.23. The number of aliphatic imine (C=N–C) groups is 1. The molecule has 0 spiro atoms. The van der Waals surface area contributed by atoms with Crippen LogP contribution in [0.15, 0.2) is 23.2 Å². The zero-order valence-corrected chi connectivity index (χ0v) is 20.9. The Hall–Kier alpha value is -1.10. The van der Waals surface area contributed by atoms with Crippen LogP contribution in [0.3, 0.4) is 0 Å². The summed E-state index contributed by atoms with van der Waals surface area (Å²) >= 11 is 0. The van der Waals surface area contributed by atoms with Gasteiger partial charge in [-0.1, -0.05) is 12.1 Å². The van der Waals surface area contributed by atoms with Crippen molar-refractivity contribution >= 4 is 29.9 Å². The van der Waals surface area contributed by atoms with Crippen molar-refractivity contribution in [1.29, 1.82) is 0 Å². The summed E-state index contributed by atoms with van der Waals surface area (Å²) < 4.78 is 22.2. The van der Waals surface area contributed by atoms with Gasteiger partial charge in [0.1, 0.15) is 12.4 Å². The van der Waals surface area contributed by atoms with E-state index in [0.29, 0.717) is 25.9 Å². The van der Waals surface area contributed by atoms with Crippen molar-refractivity contribution in [3.63, 3.8) is 0 Å². The molecule has 0 aromatic heterocycles. The van der Waals surface area contributed by atoms with Gasteiger partial charge >= 0.3 is 0 Å². The van der Waals surface area contributed by atoms with Gasteiger partial charge in [-0.25, -0.2) is 4.99 Å². The lowest BCUT2D eigenvalue weighted by molar-refractivity contribution is -0.0320. The fraction of sp³-hybridized carbons (Fsp3) is 0.682. The first kappa shape index (κ1) is 26.9. The van der Waals surface area contributed by atoms with E-state index in [1.54, 1.807) is 7.11 Å². The van der Waals surface area contributed by atoms with Crippen molar-refractivity contribution in [2.45, 2.75) is 45.8 Å². The minimum Gasteiger partial charge on any atom is -0.491 e. The average molecular weight is 535 g/mol. The second-order valence-corrected chi connectivity index (χ2v) is 7.11. The van der Waals surface area contributed by atoms with Crippen LogP contribution in [0.5, 0.6) is 5.75 Å². The van der Waals surface area contributed by atoms with E-state index in [4.69, 9.17) is 23.9 Å². The molecule has 0 amide bonds. The number of nitrogens with zero attached hydrogens (tertiary/aromatic N) is 1. The monoisotopic (exact) mass is 535 g/mol. The van der Waals surface area contributed by atoms with Crippen LogP contribution in [-0.4, -0.2) is 65.3 Å². The maximum Gasteiger partial charge on any atom is 0.191 e. The van der Waals surface area contributed by atoms with Crippen LogP contribution in [0.4, 0.5) is 0 Å². The van der Waals surface area contributed by atoms with Crippen LogP contribution < -0.4 is 15.4 Å². The Morgan fingerprint density at radius 1 is 1.17 bits per heavy atom. The number of rotatable bonds is 12. The molecule has 2 rings (SSSR count). The number of aryl methyl sites for hydroxylation is 1. The SMILES string of the molecule is CCNC(=NCc1ccc(C)cc1OCCOC)NCCCOC1CCOCC1.I. The first-order valence-electron chi connectivity index (χ1n) is 10.7. The largest absolute Gasteiger partial charge is 0.491 e. The molecule has 0 bridgehead atoms. The molecule has 1 aliphatic rings. The first-order valence-corrected chi connectivity index (χ1v) is 10.7. The number of hydrogen-bond acceptors (Lipinski definition) is 5. The van der Waals surface area contributed by atoms with Crippen LogP contribution in [-0.2, 0) is 20.8 Å². The second-order valence-electron chi connectivity index (χ2n) is 7.11. The maximum atomic E-state index is 5.92. The highest BCUT2D eigenvalue weighted by Gasteiger charge is 2.13. The lowest BCUT2D eigenvalue weighted by Gasteiger charge is -2.22.